The zero-order valence-electron chi connectivity index (χ0n) is 14.7. The van der Waals surface area contributed by atoms with Crippen molar-refractivity contribution in [2.24, 2.45) is 0 Å². The first-order valence-corrected chi connectivity index (χ1v) is 10.0. The van der Waals surface area contributed by atoms with E-state index in [9.17, 15) is 4.79 Å². The third kappa shape index (κ3) is 4.17. The van der Waals surface area contributed by atoms with Crippen molar-refractivity contribution in [1.29, 1.82) is 0 Å². The summed E-state index contributed by atoms with van der Waals surface area (Å²) in [4.78, 5) is 17.9. The first-order valence-electron chi connectivity index (χ1n) is 7.92. The number of nitrogens with zero attached hydrogens (tertiary/aromatic N) is 1. The summed E-state index contributed by atoms with van der Waals surface area (Å²) in [5, 5.41) is 8.52. The largest absolute Gasteiger partial charge is 0.495 e. The predicted octanol–water partition coefficient (Wildman–Crippen LogP) is 5.18. The van der Waals surface area contributed by atoms with Gasteiger partial charge < -0.3 is 15.4 Å². The Morgan fingerprint density at radius 3 is 2.77 bits per heavy atom. The fourth-order valence-corrected chi connectivity index (χ4v) is 3.66. The van der Waals surface area contributed by atoms with Gasteiger partial charge in [-0.3, -0.25) is 4.79 Å². The number of anilines is 3. The maximum atomic E-state index is 12.5. The minimum atomic E-state index is -0.230. The van der Waals surface area contributed by atoms with Crippen LogP contribution >= 0.6 is 23.1 Å². The number of ether oxygens (including phenoxy) is 1. The quantitative estimate of drug-likeness (QED) is 0.573. The molecule has 134 valence electrons. The summed E-state index contributed by atoms with van der Waals surface area (Å²) in [6.07, 6.45) is 1.98. The van der Waals surface area contributed by atoms with E-state index in [0.717, 1.165) is 27.6 Å². The Balaban J connectivity index is 1.75. The first kappa shape index (κ1) is 18.3. The van der Waals surface area contributed by atoms with Gasteiger partial charge in [-0.2, -0.15) is 0 Å². The van der Waals surface area contributed by atoms with Gasteiger partial charge in [0.1, 0.15) is 11.4 Å². The Morgan fingerprint density at radius 2 is 2.00 bits per heavy atom. The molecule has 1 heterocycles. The summed E-state index contributed by atoms with van der Waals surface area (Å²) in [5.41, 5.74) is 3.09. The van der Waals surface area contributed by atoms with Crippen molar-refractivity contribution in [3.8, 4) is 5.75 Å². The van der Waals surface area contributed by atoms with Gasteiger partial charge in [-0.1, -0.05) is 18.2 Å². The fourth-order valence-electron chi connectivity index (χ4n) is 2.40. The number of thioether (sulfide) groups is 1. The molecule has 2 N–H and O–H groups in total. The van der Waals surface area contributed by atoms with Crippen LogP contribution in [0, 0.1) is 6.92 Å². The average Bonchev–Trinajstić information content (AvgIpc) is 3.11. The van der Waals surface area contributed by atoms with Crippen LogP contribution in [0.5, 0.6) is 5.75 Å². The molecule has 0 aliphatic heterocycles. The number of hydrogen-bond acceptors (Lipinski definition) is 6. The molecular weight excluding hydrogens is 366 g/mol. The number of para-hydroxylation sites is 1. The number of hydrogen-bond donors (Lipinski definition) is 2. The lowest BCUT2D eigenvalue weighted by Crippen LogP contribution is -2.13. The zero-order valence-corrected chi connectivity index (χ0v) is 16.3. The number of methoxy groups -OCH3 is 1. The van der Waals surface area contributed by atoms with Crippen molar-refractivity contribution in [2.75, 3.05) is 24.0 Å². The van der Waals surface area contributed by atoms with Crippen molar-refractivity contribution in [3.63, 3.8) is 0 Å². The number of rotatable bonds is 6. The molecule has 0 atom stereocenters. The van der Waals surface area contributed by atoms with E-state index in [1.807, 2.05) is 55.6 Å². The van der Waals surface area contributed by atoms with Gasteiger partial charge in [0.2, 0.25) is 0 Å². The molecule has 0 radical (unpaired) electrons. The Morgan fingerprint density at radius 1 is 1.19 bits per heavy atom. The molecular formula is C19H19N3O2S2. The monoisotopic (exact) mass is 385 g/mol. The number of nitrogens with one attached hydrogen (secondary N) is 2. The smallest absolute Gasteiger partial charge is 0.275 e. The van der Waals surface area contributed by atoms with E-state index < -0.39 is 0 Å². The van der Waals surface area contributed by atoms with Gasteiger partial charge in [0.25, 0.3) is 5.91 Å². The molecule has 2 aromatic carbocycles. The van der Waals surface area contributed by atoms with E-state index in [2.05, 4.69) is 15.6 Å². The second-order valence-corrected chi connectivity index (χ2v) is 7.23. The minimum Gasteiger partial charge on any atom is -0.495 e. The van der Waals surface area contributed by atoms with E-state index in [0.29, 0.717) is 10.8 Å². The molecule has 1 aromatic heterocycles. The summed E-state index contributed by atoms with van der Waals surface area (Å²) in [5.74, 6) is 0.498. The van der Waals surface area contributed by atoms with Crippen LogP contribution in [0.15, 0.2) is 52.7 Å². The van der Waals surface area contributed by atoms with Crippen molar-refractivity contribution in [3.05, 3.63) is 59.1 Å². The summed E-state index contributed by atoms with van der Waals surface area (Å²) >= 11 is 2.96. The number of aromatic nitrogens is 1. The number of carbonyl (C=O) groups is 1. The summed E-state index contributed by atoms with van der Waals surface area (Å²) in [6.45, 7) is 2.01. The maximum absolute atomic E-state index is 12.5. The van der Waals surface area contributed by atoms with Crippen molar-refractivity contribution in [1.82, 2.24) is 4.98 Å². The Hall–Kier alpha value is -2.51. The summed E-state index contributed by atoms with van der Waals surface area (Å²) in [6, 6.07) is 13.6. The predicted molar refractivity (Wildman–Crippen MR) is 109 cm³/mol. The Kier molecular flexibility index (Phi) is 5.80. The number of aryl methyl sites for hydroxylation is 1. The highest BCUT2D eigenvalue weighted by molar-refractivity contribution is 7.98. The summed E-state index contributed by atoms with van der Waals surface area (Å²) < 4.78 is 5.36. The average molecular weight is 386 g/mol. The van der Waals surface area contributed by atoms with Gasteiger partial charge >= 0.3 is 0 Å². The second-order valence-electron chi connectivity index (χ2n) is 5.52. The molecule has 1 amide bonds. The van der Waals surface area contributed by atoms with Crippen LogP contribution in [0.1, 0.15) is 16.1 Å². The fraction of sp³-hybridized carbons (Fsp3) is 0.158. The van der Waals surface area contributed by atoms with Gasteiger partial charge in [-0.25, -0.2) is 4.98 Å². The van der Waals surface area contributed by atoms with Gasteiger partial charge in [-0.15, -0.1) is 23.1 Å². The molecule has 0 saturated carbocycles. The molecule has 0 saturated heterocycles. The molecule has 0 spiro atoms. The lowest BCUT2D eigenvalue weighted by atomic mass is 10.2. The Bertz CT molecular complexity index is 925. The highest BCUT2D eigenvalue weighted by atomic mass is 32.2. The van der Waals surface area contributed by atoms with E-state index in [1.165, 1.54) is 11.3 Å². The van der Waals surface area contributed by atoms with Gasteiger partial charge in [0.15, 0.2) is 5.13 Å². The van der Waals surface area contributed by atoms with Crippen LogP contribution in [0.2, 0.25) is 0 Å². The SMILES string of the molecule is COc1ccc(C)cc1Nc1nc(C(=O)Nc2ccccc2SC)cs1. The van der Waals surface area contributed by atoms with Crippen LogP contribution in [0.3, 0.4) is 0 Å². The molecule has 5 nitrogen and oxygen atoms in total. The lowest BCUT2D eigenvalue weighted by molar-refractivity contribution is 0.102. The zero-order chi connectivity index (χ0) is 18.5. The van der Waals surface area contributed by atoms with Crippen molar-refractivity contribution in [2.45, 2.75) is 11.8 Å². The minimum absolute atomic E-state index is 0.230. The van der Waals surface area contributed by atoms with Crippen LogP contribution in [0.25, 0.3) is 0 Å². The molecule has 0 unspecified atom stereocenters. The van der Waals surface area contributed by atoms with Crippen molar-refractivity contribution >= 4 is 45.5 Å². The van der Waals surface area contributed by atoms with Crippen LogP contribution in [-0.4, -0.2) is 24.3 Å². The van der Waals surface area contributed by atoms with E-state index in [1.54, 1.807) is 24.3 Å². The number of amides is 1. The topological polar surface area (TPSA) is 63.2 Å². The third-order valence-electron chi connectivity index (χ3n) is 3.69. The molecule has 26 heavy (non-hydrogen) atoms. The molecule has 0 bridgehead atoms. The highest BCUT2D eigenvalue weighted by Gasteiger charge is 2.14. The second kappa shape index (κ2) is 8.25. The molecule has 3 aromatic rings. The van der Waals surface area contributed by atoms with E-state index in [4.69, 9.17) is 4.74 Å². The maximum Gasteiger partial charge on any atom is 0.275 e. The van der Waals surface area contributed by atoms with E-state index >= 15 is 0 Å². The summed E-state index contributed by atoms with van der Waals surface area (Å²) in [7, 11) is 1.62. The van der Waals surface area contributed by atoms with E-state index in [-0.39, 0.29) is 5.91 Å². The van der Waals surface area contributed by atoms with Crippen LogP contribution < -0.4 is 15.4 Å². The molecule has 3 rings (SSSR count). The normalized spacial score (nSPS) is 10.4. The van der Waals surface area contributed by atoms with Crippen LogP contribution in [0.4, 0.5) is 16.5 Å². The van der Waals surface area contributed by atoms with Crippen LogP contribution in [-0.2, 0) is 0 Å². The molecule has 0 aliphatic rings. The third-order valence-corrected chi connectivity index (χ3v) is 5.24. The number of carbonyl (C=O) groups excluding carboxylic acids is 1. The lowest BCUT2D eigenvalue weighted by Gasteiger charge is -2.10. The number of thiazole rings is 1. The standard InChI is InChI=1S/C19H19N3O2S2/c1-12-8-9-16(24-2)14(10-12)21-19-22-15(11-26-19)18(23)20-13-6-4-5-7-17(13)25-3/h4-11H,1-3H3,(H,20,23)(H,21,22). The molecule has 0 fully saturated rings. The van der Waals surface area contributed by atoms with Crippen molar-refractivity contribution < 1.29 is 9.53 Å². The van der Waals surface area contributed by atoms with Gasteiger partial charge in [0.05, 0.1) is 18.5 Å². The molecule has 0 aliphatic carbocycles. The van der Waals surface area contributed by atoms with Gasteiger partial charge in [0, 0.05) is 10.3 Å². The van der Waals surface area contributed by atoms with Gasteiger partial charge in [-0.05, 0) is 43.0 Å². The Labute approximate surface area is 160 Å². The number of benzene rings is 2. The highest BCUT2D eigenvalue weighted by Crippen LogP contribution is 2.30. The first-order chi connectivity index (χ1) is 12.6. The molecule has 7 heteroatoms.